The maximum absolute atomic E-state index is 11.1. The zero-order chi connectivity index (χ0) is 12.3. The summed E-state index contributed by atoms with van der Waals surface area (Å²) in [7, 11) is -2.90. The molecule has 1 aliphatic rings. The first kappa shape index (κ1) is 12.4. The van der Waals surface area contributed by atoms with Gasteiger partial charge < -0.3 is 10.1 Å². The molecule has 1 aliphatic heterocycles. The van der Waals surface area contributed by atoms with Crippen molar-refractivity contribution >= 4 is 9.84 Å². The maximum atomic E-state index is 11.1. The average molecular weight is 255 g/mol. The van der Waals surface area contributed by atoms with Gasteiger partial charge in [0, 0.05) is 30.8 Å². The molecule has 0 saturated carbocycles. The molecule has 1 aromatic carbocycles. The molecule has 0 saturated heterocycles. The normalized spacial score (nSPS) is 19.5. The van der Waals surface area contributed by atoms with Crippen molar-refractivity contribution < 1.29 is 13.2 Å². The predicted molar refractivity (Wildman–Crippen MR) is 67.0 cm³/mol. The van der Waals surface area contributed by atoms with Crippen LogP contribution in [0.25, 0.3) is 0 Å². The molecule has 0 fully saturated rings. The summed E-state index contributed by atoms with van der Waals surface area (Å²) in [5.41, 5.74) is 1.12. The van der Waals surface area contributed by atoms with Crippen molar-refractivity contribution in [2.45, 2.75) is 12.5 Å². The molecule has 0 bridgehead atoms. The topological polar surface area (TPSA) is 55.4 Å². The molecule has 0 amide bonds. The van der Waals surface area contributed by atoms with Gasteiger partial charge in [0.25, 0.3) is 0 Å². The van der Waals surface area contributed by atoms with E-state index in [1.807, 2.05) is 24.3 Å². The third-order valence-electron chi connectivity index (χ3n) is 2.82. The van der Waals surface area contributed by atoms with Gasteiger partial charge in [0.05, 0.1) is 12.4 Å². The molecular formula is C12H17NO3S. The molecule has 0 aromatic heterocycles. The Morgan fingerprint density at radius 1 is 1.41 bits per heavy atom. The number of ether oxygens (including phenoxy) is 1. The predicted octanol–water partition coefficient (Wildman–Crippen LogP) is 1.14. The third kappa shape index (κ3) is 3.44. The van der Waals surface area contributed by atoms with Crippen molar-refractivity contribution in [2.75, 3.05) is 25.2 Å². The van der Waals surface area contributed by atoms with E-state index in [0.29, 0.717) is 13.2 Å². The van der Waals surface area contributed by atoms with E-state index in [1.54, 1.807) is 0 Å². The largest absolute Gasteiger partial charge is 0.493 e. The van der Waals surface area contributed by atoms with Crippen molar-refractivity contribution in [3.8, 4) is 5.75 Å². The Labute approximate surface area is 102 Å². The monoisotopic (exact) mass is 255 g/mol. The maximum Gasteiger partial charge on any atom is 0.148 e. The number of fused-ring (bicyclic) bond motifs is 1. The lowest BCUT2D eigenvalue weighted by Gasteiger charge is -2.26. The van der Waals surface area contributed by atoms with Crippen LogP contribution < -0.4 is 10.1 Å². The fourth-order valence-electron chi connectivity index (χ4n) is 1.97. The van der Waals surface area contributed by atoms with Gasteiger partial charge in [-0.25, -0.2) is 8.42 Å². The number of benzene rings is 1. The second-order valence-electron chi connectivity index (χ2n) is 4.31. The van der Waals surface area contributed by atoms with Gasteiger partial charge in [0.2, 0.25) is 0 Å². The van der Waals surface area contributed by atoms with E-state index in [9.17, 15) is 8.42 Å². The molecule has 1 heterocycles. The van der Waals surface area contributed by atoms with E-state index < -0.39 is 9.84 Å². The van der Waals surface area contributed by atoms with E-state index in [0.717, 1.165) is 17.7 Å². The van der Waals surface area contributed by atoms with E-state index in [1.165, 1.54) is 6.26 Å². The highest BCUT2D eigenvalue weighted by Gasteiger charge is 2.20. The number of hydrogen-bond donors (Lipinski definition) is 1. The van der Waals surface area contributed by atoms with Crippen molar-refractivity contribution in [3.63, 3.8) is 0 Å². The number of para-hydroxylation sites is 1. The molecule has 1 unspecified atom stereocenters. The zero-order valence-corrected chi connectivity index (χ0v) is 10.7. The second kappa shape index (κ2) is 5.06. The lowest BCUT2D eigenvalue weighted by molar-refractivity contribution is 0.254. The van der Waals surface area contributed by atoms with Crippen LogP contribution in [-0.2, 0) is 9.84 Å². The van der Waals surface area contributed by atoms with E-state index in [2.05, 4.69) is 5.32 Å². The van der Waals surface area contributed by atoms with Crippen LogP contribution in [0.4, 0.5) is 0 Å². The minimum absolute atomic E-state index is 0.173. The highest BCUT2D eigenvalue weighted by molar-refractivity contribution is 7.90. The van der Waals surface area contributed by atoms with E-state index in [4.69, 9.17) is 4.74 Å². The molecule has 0 radical (unpaired) electrons. The van der Waals surface area contributed by atoms with Crippen molar-refractivity contribution in [2.24, 2.45) is 0 Å². The summed E-state index contributed by atoms with van der Waals surface area (Å²) in [5, 5.41) is 3.28. The van der Waals surface area contributed by atoms with Crippen LogP contribution in [0.1, 0.15) is 18.0 Å². The number of rotatable bonds is 4. The highest BCUT2D eigenvalue weighted by atomic mass is 32.2. The Kier molecular flexibility index (Phi) is 3.69. The van der Waals surface area contributed by atoms with Crippen molar-refractivity contribution in [1.82, 2.24) is 5.32 Å². The molecule has 2 rings (SSSR count). The van der Waals surface area contributed by atoms with Gasteiger partial charge in [-0.05, 0) is 6.07 Å². The Morgan fingerprint density at radius 2 is 2.18 bits per heavy atom. The summed E-state index contributed by atoms with van der Waals surface area (Å²) >= 11 is 0. The van der Waals surface area contributed by atoms with Crippen molar-refractivity contribution in [3.05, 3.63) is 29.8 Å². The highest BCUT2D eigenvalue weighted by Crippen LogP contribution is 2.31. The lowest BCUT2D eigenvalue weighted by atomic mass is 10.0. The second-order valence-corrected chi connectivity index (χ2v) is 6.57. The Hall–Kier alpha value is -1.07. The summed E-state index contributed by atoms with van der Waals surface area (Å²) < 4.78 is 27.7. The average Bonchev–Trinajstić information content (AvgIpc) is 2.28. The zero-order valence-electron chi connectivity index (χ0n) is 9.85. The number of nitrogens with one attached hydrogen (secondary N) is 1. The quantitative estimate of drug-likeness (QED) is 0.876. The molecule has 0 spiro atoms. The number of hydrogen-bond acceptors (Lipinski definition) is 4. The standard InChI is InChI=1S/C12H17NO3S/c1-17(14,15)9-7-13-11-6-8-16-12-5-3-2-4-10(11)12/h2-5,11,13H,6-9H2,1H3. The Balaban J connectivity index is 1.99. The molecule has 0 aliphatic carbocycles. The Morgan fingerprint density at radius 3 is 2.94 bits per heavy atom. The van der Waals surface area contributed by atoms with Gasteiger partial charge in [-0.3, -0.25) is 0 Å². The van der Waals surface area contributed by atoms with Crippen LogP contribution in [-0.4, -0.2) is 33.6 Å². The van der Waals surface area contributed by atoms with Gasteiger partial charge >= 0.3 is 0 Å². The Bertz CT molecular complexity index is 484. The van der Waals surface area contributed by atoms with Crippen LogP contribution in [0.5, 0.6) is 5.75 Å². The van der Waals surface area contributed by atoms with Gasteiger partial charge in [-0.2, -0.15) is 0 Å². The van der Waals surface area contributed by atoms with Crippen LogP contribution in [0.2, 0.25) is 0 Å². The smallest absolute Gasteiger partial charge is 0.148 e. The van der Waals surface area contributed by atoms with Crippen LogP contribution in [0.15, 0.2) is 24.3 Å². The van der Waals surface area contributed by atoms with Crippen LogP contribution >= 0.6 is 0 Å². The molecule has 5 heteroatoms. The summed E-state index contributed by atoms with van der Waals surface area (Å²) in [5.74, 6) is 1.07. The molecule has 1 aromatic rings. The van der Waals surface area contributed by atoms with Gasteiger partial charge in [0.1, 0.15) is 15.6 Å². The van der Waals surface area contributed by atoms with Crippen LogP contribution in [0.3, 0.4) is 0 Å². The third-order valence-corrected chi connectivity index (χ3v) is 3.77. The van der Waals surface area contributed by atoms with E-state index in [-0.39, 0.29) is 11.8 Å². The SMILES string of the molecule is CS(=O)(=O)CCNC1CCOc2ccccc21. The first-order valence-electron chi connectivity index (χ1n) is 5.69. The molecule has 94 valence electrons. The minimum Gasteiger partial charge on any atom is -0.493 e. The van der Waals surface area contributed by atoms with Gasteiger partial charge in [-0.15, -0.1) is 0 Å². The molecule has 1 N–H and O–H groups in total. The van der Waals surface area contributed by atoms with Crippen molar-refractivity contribution in [1.29, 1.82) is 0 Å². The van der Waals surface area contributed by atoms with Crippen LogP contribution in [0, 0.1) is 0 Å². The molecule has 4 nitrogen and oxygen atoms in total. The summed E-state index contributed by atoms with van der Waals surface area (Å²) in [4.78, 5) is 0. The number of sulfone groups is 1. The lowest BCUT2D eigenvalue weighted by Crippen LogP contribution is -2.30. The first-order chi connectivity index (χ1) is 8.06. The first-order valence-corrected chi connectivity index (χ1v) is 7.75. The van der Waals surface area contributed by atoms with E-state index >= 15 is 0 Å². The minimum atomic E-state index is -2.90. The molecule has 1 atom stereocenters. The summed E-state index contributed by atoms with van der Waals surface area (Å²) in [6.07, 6.45) is 2.13. The summed E-state index contributed by atoms with van der Waals surface area (Å²) in [6, 6.07) is 8.07. The summed E-state index contributed by atoms with van der Waals surface area (Å²) in [6.45, 7) is 1.16. The molecular weight excluding hydrogens is 238 g/mol. The molecule has 17 heavy (non-hydrogen) atoms. The van der Waals surface area contributed by atoms with Gasteiger partial charge in [-0.1, -0.05) is 18.2 Å². The fraction of sp³-hybridized carbons (Fsp3) is 0.500. The fourth-order valence-corrected chi connectivity index (χ4v) is 2.46. The van der Waals surface area contributed by atoms with Gasteiger partial charge in [0.15, 0.2) is 0 Å².